The molecule has 1 aromatic heterocycles. The van der Waals surface area contributed by atoms with Gasteiger partial charge in [0.05, 0.1) is 23.7 Å². The zero-order valence-electron chi connectivity index (χ0n) is 20.3. The van der Waals surface area contributed by atoms with Crippen LogP contribution in [-0.4, -0.2) is 22.1 Å². The van der Waals surface area contributed by atoms with Crippen molar-refractivity contribution in [1.29, 1.82) is 0 Å². The Morgan fingerprint density at radius 1 is 1.03 bits per heavy atom. The highest BCUT2D eigenvalue weighted by atomic mass is 16.5. The first-order chi connectivity index (χ1) is 16.5. The standard InChI is InChI=1S/C29H33N3O2/c1-21-14-15-22(2)27(20-21)34-19-9-18-32-26-13-8-7-12-25(26)31-29(32)23(3)30-28(33)17-16-24-10-5-4-6-11-24/h4-8,10-15,20,23H,9,16-19H2,1-3H3,(H,30,33). The van der Waals surface area contributed by atoms with Crippen molar-refractivity contribution in [2.45, 2.75) is 52.6 Å². The molecule has 0 radical (unpaired) electrons. The smallest absolute Gasteiger partial charge is 0.220 e. The molecule has 1 heterocycles. The number of carbonyl (C=O) groups is 1. The summed E-state index contributed by atoms with van der Waals surface area (Å²) in [6.45, 7) is 7.54. The van der Waals surface area contributed by atoms with E-state index in [9.17, 15) is 4.79 Å². The van der Waals surface area contributed by atoms with Crippen molar-refractivity contribution in [3.63, 3.8) is 0 Å². The molecule has 0 aliphatic carbocycles. The number of benzene rings is 3. The van der Waals surface area contributed by atoms with Crippen LogP contribution in [0.5, 0.6) is 5.75 Å². The van der Waals surface area contributed by atoms with Gasteiger partial charge in [-0.2, -0.15) is 0 Å². The van der Waals surface area contributed by atoms with Gasteiger partial charge in [-0.25, -0.2) is 4.98 Å². The van der Waals surface area contributed by atoms with Gasteiger partial charge < -0.3 is 14.6 Å². The highest BCUT2D eigenvalue weighted by molar-refractivity contribution is 5.78. The Kier molecular flexibility index (Phi) is 7.63. The Balaban J connectivity index is 1.40. The monoisotopic (exact) mass is 455 g/mol. The molecule has 5 nitrogen and oxygen atoms in total. The second-order valence-electron chi connectivity index (χ2n) is 8.86. The lowest BCUT2D eigenvalue weighted by atomic mass is 10.1. The Labute approximate surface area is 201 Å². The summed E-state index contributed by atoms with van der Waals surface area (Å²) < 4.78 is 8.28. The molecule has 1 unspecified atom stereocenters. The summed E-state index contributed by atoms with van der Waals surface area (Å²) in [5.41, 5.74) is 5.53. The number of hydrogen-bond acceptors (Lipinski definition) is 3. The van der Waals surface area contributed by atoms with Crippen LogP contribution in [0.1, 0.15) is 48.3 Å². The summed E-state index contributed by atoms with van der Waals surface area (Å²) in [5, 5.41) is 3.14. The molecule has 4 aromatic rings. The van der Waals surface area contributed by atoms with Crippen molar-refractivity contribution in [3.05, 3.63) is 95.3 Å². The minimum atomic E-state index is -0.185. The predicted octanol–water partition coefficient (Wildman–Crippen LogP) is 5.93. The first-order valence-electron chi connectivity index (χ1n) is 12.0. The molecule has 1 N–H and O–H groups in total. The molecule has 1 atom stereocenters. The maximum atomic E-state index is 12.6. The number of aryl methyl sites for hydroxylation is 4. The van der Waals surface area contributed by atoms with E-state index in [1.807, 2.05) is 43.3 Å². The minimum Gasteiger partial charge on any atom is -0.493 e. The van der Waals surface area contributed by atoms with E-state index >= 15 is 0 Å². The van der Waals surface area contributed by atoms with Gasteiger partial charge in [-0.1, -0.05) is 54.6 Å². The number of rotatable bonds is 10. The van der Waals surface area contributed by atoms with Crippen LogP contribution < -0.4 is 10.1 Å². The van der Waals surface area contributed by atoms with Gasteiger partial charge in [-0.3, -0.25) is 4.79 Å². The van der Waals surface area contributed by atoms with Crippen LogP contribution in [-0.2, 0) is 17.8 Å². The van der Waals surface area contributed by atoms with Gasteiger partial charge in [-0.15, -0.1) is 0 Å². The van der Waals surface area contributed by atoms with Crippen molar-refractivity contribution >= 4 is 16.9 Å². The summed E-state index contributed by atoms with van der Waals surface area (Å²) in [4.78, 5) is 17.5. The number of fused-ring (bicyclic) bond motifs is 1. The molecular formula is C29H33N3O2. The zero-order valence-corrected chi connectivity index (χ0v) is 20.3. The number of hydrogen-bond donors (Lipinski definition) is 1. The first-order valence-corrected chi connectivity index (χ1v) is 12.0. The van der Waals surface area contributed by atoms with Crippen LogP contribution >= 0.6 is 0 Å². The number of imidazole rings is 1. The topological polar surface area (TPSA) is 56.1 Å². The molecule has 176 valence electrons. The zero-order chi connectivity index (χ0) is 23.9. The van der Waals surface area contributed by atoms with Gasteiger partial charge in [0.25, 0.3) is 0 Å². The molecule has 0 fully saturated rings. The van der Waals surface area contributed by atoms with Crippen molar-refractivity contribution in [3.8, 4) is 5.75 Å². The van der Waals surface area contributed by atoms with Crippen LogP contribution in [0, 0.1) is 13.8 Å². The highest BCUT2D eigenvalue weighted by Crippen LogP contribution is 2.23. The number of para-hydroxylation sites is 2. The fourth-order valence-electron chi connectivity index (χ4n) is 4.21. The number of ether oxygens (including phenoxy) is 1. The lowest BCUT2D eigenvalue weighted by Gasteiger charge is -2.17. The van der Waals surface area contributed by atoms with E-state index in [1.165, 1.54) is 11.1 Å². The van der Waals surface area contributed by atoms with Crippen molar-refractivity contribution in [1.82, 2.24) is 14.9 Å². The van der Waals surface area contributed by atoms with E-state index in [1.54, 1.807) is 0 Å². The number of nitrogens with one attached hydrogen (secondary N) is 1. The van der Waals surface area contributed by atoms with Gasteiger partial charge in [0.2, 0.25) is 5.91 Å². The Bertz CT molecular complexity index is 1250. The average molecular weight is 456 g/mol. The fourth-order valence-corrected chi connectivity index (χ4v) is 4.21. The van der Waals surface area contributed by atoms with Crippen LogP contribution in [0.4, 0.5) is 0 Å². The molecule has 1 amide bonds. The normalized spacial score (nSPS) is 12.0. The van der Waals surface area contributed by atoms with Crippen molar-refractivity contribution in [2.75, 3.05) is 6.61 Å². The van der Waals surface area contributed by atoms with Gasteiger partial charge in [0.1, 0.15) is 11.6 Å². The van der Waals surface area contributed by atoms with Gasteiger partial charge in [0.15, 0.2) is 0 Å². The number of carbonyl (C=O) groups excluding carboxylic acids is 1. The van der Waals surface area contributed by atoms with E-state index in [0.29, 0.717) is 13.0 Å². The second kappa shape index (κ2) is 11.0. The van der Waals surface area contributed by atoms with Crippen LogP contribution in [0.15, 0.2) is 72.8 Å². The van der Waals surface area contributed by atoms with Crippen molar-refractivity contribution < 1.29 is 9.53 Å². The average Bonchev–Trinajstić information content (AvgIpc) is 3.22. The Morgan fingerprint density at radius 3 is 2.62 bits per heavy atom. The molecule has 0 spiro atoms. The van der Waals surface area contributed by atoms with Crippen LogP contribution in [0.3, 0.4) is 0 Å². The van der Waals surface area contributed by atoms with E-state index in [0.717, 1.165) is 47.6 Å². The Hall–Kier alpha value is -3.60. The molecule has 0 saturated carbocycles. The molecule has 3 aromatic carbocycles. The summed E-state index contributed by atoms with van der Waals surface area (Å²) in [6.07, 6.45) is 2.03. The molecule has 5 heteroatoms. The maximum Gasteiger partial charge on any atom is 0.220 e. The lowest BCUT2D eigenvalue weighted by Crippen LogP contribution is -2.29. The van der Waals surface area contributed by atoms with Gasteiger partial charge in [-0.05, 0) is 68.5 Å². The third-order valence-corrected chi connectivity index (χ3v) is 6.06. The molecule has 0 aliphatic rings. The molecule has 0 saturated heterocycles. The third kappa shape index (κ3) is 5.84. The highest BCUT2D eigenvalue weighted by Gasteiger charge is 2.18. The van der Waals surface area contributed by atoms with Gasteiger partial charge in [0, 0.05) is 13.0 Å². The molecule has 0 aliphatic heterocycles. The molecule has 34 heavy (non-hydrogen) atoms. The number of nitrogens with zero attached hydrogens (tertiary/aromatic N) is 2. The first kappa shape index (κ1) is 23.6. The van der Waals surface area contributed by atoms with E-state index in [4.69, 9.17) is 9.72 Å². The van der Waals surface area contributed by atoms with Crippen LogP contribution in [0.25, 0.3) is 11.0 Å². The number of aromatic nitrogens is 2. The molecular weight excluding hydrogens is 422 g/mol. The van der Waals surface area contributed by atoms with E-state index in [2.05, 4.69) is 60.1 Å². The maximum absolute atomic E-state index is 12.6. The summed E-state index contributed by atoms with van der Waals surface area (Å²) in [6, 6.07) is 24.3. The SMILES string of the molecule is Cc1ccc(C)c(OCCCn2c(C(C)NC(=O)CCc3ccccc3)nc3ccccc32)c1. The quantitative estimate of drug-likeness (QED) is 0.302. The minimum absolute atomic E-state index is 0.0354. The Morgan fingerprint density at radius 2 is 1.79 bits per heavy atom. The third-order valence-electron chi connectivity index (χ3n) is 6.06. The summed E-state index contributed by atoms with van der Waals surface area (Å²) in [7, 11) is 0. The number of amides is 1. The van der Waals surface area contributed by atoms with E-state index in [-0.39, 0.29) is 11.9 Å². The second-order valence-corrected chi connectivity index (χ2v) is 8.86. The molecule has 4 rings (SSSR count). The van der Waals surface area contributed by atoms with Crippen LogP contribution in [0.2, 0.25) is 0 Å². The fraction of sp³-hybridized carbons (Fsp3) is 0.310. The lowest BCUT2D eigenvalue weighted by molar-refractivity contribution is -0.121. The summed E-state index contributed by atoms with van der Waals surface area (Å²) in [5.74, 6) is 1.85. The molecule has 0 bridgehead atoms. The summed E-state index contributed by atoms with van der Waals surface area (Å²) >= 11 is 0. The predicted molar refractivity (Wildman–Crippen MR) is 137 cm³/mol. The van der Waals surface area contributed by atoms with Crippen molar-refractivity contribution in [2.24, 2.45) is 0 Å². The van der Waals surface area contributed by atoms with Gasteiger partial charge >= 0.3 is 0 Å². The largest absolute Gasteiger partial charge is 0.493 e. The van der Waals surface area contributed by atoms with E-state index < -0.39 is 0 Å².